The molecule has 1 fully saturated rings. The molecule has 2 aromatic rings. The van der Waals surface area contributed by atoms with E-state index in [9.17, 15) is 9.90 Å². The number of methoxy groups -OCH3 is 1. The minimum Gasteiger partial charge on any atom is -1.00 e. The first-order valence-corrected chi connectivity index (χ1v) is 11.4. The number of quaternary nitrogens is 2. The number of carbonyl (C=O) groups is 1. The van der Waals surface area contributed by atoms with Gasteiger partial charge in [-0.2, -0.15) is 0 Å². The van der Waals surface area contributed by atoms with E-state index in [-0.39, 0.29) is 36.6 Å². The number of nitrogens with one attached hydrogen (secondary N) is 1. The quantitative estimate of drug-likeness (QED) is 0.246. The molecule has 0 radical (unpaired) electrons. The summed E-state index contributed by atoms with van der Waals surface area (Å²) in [5.41, 5.74) is 1.50. The average molecular weight is 515 g/mol. The number of Topliss-reactive ketones (excluding diaryl/α,β-unsaturated/α-hetero) is 1. The van der Waals surface area contributed by atoms with E-state index >= 15 is 0 Å². The first kappa shape index (κ1) is 30.2. The number of aliphatic hydroxyl groups excluding tert-OH is 1. The van der Waals surface area contributed by atoms with Crippen LogP contribution in [0.1, 0.15) is 35.4 Å². The Morgan fingerprint density at radius 2 is 1.82 bits per heavy atom. The van der Waals surface area contributed by atoms with Crippen LogP contribution in [-0.2, 0) is 4.74 Å². The van der Waals surface area contributed by atoms with Crippen molar-refractivity contribution in [1.82, 2.24) is 0 Å². The highest BCUT2D eigenvalue weighted by molar-refractivity contribution is 5.96. The standard InChI is InChI=1S/C25H34N2O5.2ClH/c1-19(25(29)20-6-8-22(30-2)9-7-20)26-11-10-24(28)21-4-3-5-23(18-21)32-17-14-27-12-15-31-16-13-27;;/h3-9,18-19,25-26,29H,10-17H2,1-2H3;2*1H. The maximum absolute atomic E-state index is 12.6. The molecule has 0 aliphatic carbocycles. The number of halogens is 2. The van der Waals surface area contributed by atoms with Gasteiger partial charge in [0.05, 0.1) is 33.3 Å². The summed E-state index contributed by atoms with van der Waals surface area (Å²) in [4.78, 5) is 14.1. The average Bonchev–Trinajstić information content (AvgIpc) is 2.84. The number of morpholine rings is 1. The number of ketones is 1. The number of carbonyl (C=O) groups excluding carboxylic acids is 1. The van der Waals surface area contributed by atoms with Gasteiger partial charge < -0.3 is 54.3 Å². The molecule has 0 amide bonds. The van der Waals surface area contributed by atoms with Crippen molar-refractivity contribution >= 4 is 5.78 Å². The van der Waals surface area contributed by atoms with Crippen molar-refractivity contribution in [3.05, 3.63) is 59.7 Å². The molecule has 1 saturated heterocycles. The zero-order valence-electron chi connectivity index (χ0n) is 19.8. The molecule has 0 bridgehead atoms. The van der Waals surface area contributed by atoms with Gasteiger partial charge in [0.1, 0.15) is 49.9 Å². The van der Waals surface area contributed by atoms with Crippen LogP contribution in [0.2, 0.25) is 0 Å². The fourth-order valence-electron chi connectivity index (χ4n) is 3.84. The SMILES string of the molecule is COc1ccc(C(O)C(C)[NH2+]CCC(=O)c2cccc(OCC[NH+]3CCOCC3)c2)cc1.[Cl-].[Cl-]. The Morgan fingerprint density at radius 3 is 2.50 bits per heavy atom. The topological polar surface area (TPSA) is 86.0 Å². The Balaban J connectivity index is 0.00000289. The molecule has 1 aliphatic rings. The summed E-state index contributed by atoms with van der Waals surface area (Å²) < 4.78 is 16.4. The number of rotatable bonds is 12. The van der Waals surface area contributed by atoms with Gasteiger partial charge in [-0.1, -0.05) is 24.3 Å². The highest BCUT2D eigenvalue weighted by Crippen LogP contribution is 2.19. The van der Waals surface area contributed by atoms with Crippen LogP contribution in [0.25, 0.3) is 0 Å². The van der Waals surface area contributed by atoms with Crippen LogP contribution in [0.5, 0.6) is 11.5 Å². The number of ether oxygens (including phenoxy) is 3. The zero-order valence-corrected chi connectivity index (χ0v) is 21.4. The van der Waals surface area contributed by atoms with Crippen molar-refractivity contribution in [1.29, 1.82) is 0 Å². The van der Waals surface area contributed by atoms with Crippen molar-refractivity contribution in [2.75, 3.05) is 53.1 Å². The Hall–Kier alpha value is -1.87. The molecule has 0 aromatic heterocycles. The summed E-state index contributed by atoms with van der Waals surface area (Å²) in [5.74, 6) is 1.57. The third-order valence-electron chi connectivity index (χ3n) is 5.95. The Labute approximate surface area is 214 Å². The molecule has 9 heteroatoms. The van der Waals surface area contributed by atoms with E-state index in [0.29, 0.717) is 25.1 Å². The lowest BCUT2D eigenvalue weighted by molar-refractivity contribution is -0.908. The fraction of sp³-hybridized carbons (Fsp3) is 0.480. The minimum atomic E-state index is -0.610. The van der Waals surface area contributed by atoms with Crippen LogP contribution < -0.4 is 44.5 Å². The molecule has 2 atom stereocenters. The summed E-state index contributed by atoms with van der Waals surface area (Å²) in [7, 11) is 1.62. The number of hydrogen-bond donors (Lipinski definition) is 3. The summed E-state index contributed by atoms with van der Waals surface area (Å²) in [5, 5.41) is 12.6. The maximum atomic E-state index is 12.6. The lowest BCUT2D eigenvalue weighted by atomic mass is 10.0. The summed E-state index contributed by atoms with van der Waals surface area (Å²) >= 11 is 0. The van der Waals surface area contributed by atoms with Gasteiger partial charge in [-0.05, 0) is 36.8 Å². The van der Waals surface area contributed by atoms with Crippen molar-refractivity contribution < 1.29 is 59.1 Å². The Kier molecular flexibility index (Phi) is 14.1. The number of hydrogen-bond acceptors (Lipinski definition) is 5. The third kappa shape index (κ3) is 9.41. The molecule has 7 nitrogen and oxygen atoms in total. The van der Waals surface area contributed by atoms with E-state index in [1.807, 2.05) is 60.8 Å². The Bertz CT molecular complexity index is 847. The highest BCUT2D eigenvalue weighted by Gasteiger charge is 2.20. The van der Waals surface area contributed by atoms with E-state index in [0.717, 1.165) is 49.9 Å². The molecule has 2 aromatic carbocycles. The fourth-order valence-corrected chi connectivity index (χ4v) is 3.84. The van der Waals surface area contributed by atoms with Crippen molar-refractivity contribution in [2.24, 2.45) is 0 Å². The lowest BCUT2D eigenvalue weighted by Crippen LogP contribution is -3.14. The molecule has 1 heterocycles. The lowest BCUT2D eigenvalue weighted by Gasteiger charge is -2.23. The highest BCUT2D eigenvalue weighted by atomic mass is 35.5. The van der Waals surface area contributed by atoms with Crippen LogP contribution in [0.3, 0.4) is 0 Å². The number of aliphatic hydroxyl groups is 1. The van der Waals surface area contributed by atoms with Crippen LogP contribution >= 0.6 is 0 Å². The maximum Gasteiger partial charge on any atom is 0.168 e. The van der Waals surface area contributed by atoms with Gasteiger partial charge in [0, 0.05) is 5.56 Å². The van der Waals surface area contributed by atoms with Gasteiger partial charge in [-0.3, -0.25) is 4.79 Å². The van der Waals surface area contributed by atoms with Crippen LogP contribution in [0, 0.1) is 0 Å². The molecule has 1 aliphatic heterocycles. The van der Waals surface area contributed by atoms with E-state index < -0.39 is 6.10 Å². The summed E-state index contributed by atoms with van der Waals surface area (Å²) in [6.07, 6.45) is -0.206. The van der Waals surface area contributed by atoms with E-state index in [1.165, 1.54) is 4.90 Å². The molecule has 2 unspecified atom stereocenters. The predicted octanol–water partition coefficient (Wildman–Crippen LogP) is -5.74. The second kappa shape index (κ2) is 15.9. The summed E-state index contributed by atoms with van der Waals surface area (Å²) in [6, 6.07) is 14.8. The van der Waals surface area contributed by atoms with Gasteiger partial charge in [0.25, 0.3) is 0 Å². The largest absolute Gasteiger partial charge is 1.00 e. The molecular weight excluding hydrogens is 479 g/mol. The van der Waals surface area contributed by atoms with E-state index in [4.69, 9.17) is 14.2 Å². The van der Waals surface area contributed by atoms with Crippen molar-refractivity contribution in [2.45, 2.75) is 25.5 Å². The van der Waals surface area contributed by atoms with Gasteiger partial charge in [0.2, 0.25) is 0 Å². The van der Waals surface area contributed by atoms with Gasteiger partial charge in [0.15, 0.2) is 5.78 Å². The van der Waals surface area contributed by atoms with Crippen molar-refractivity contribution in [3.63, 3.8) is 0 Å². The Morgan fingerprint density at radius 1 is 1.12 bits per heavy atom. The number of benzene rings is 2. The molecule has 3 rings (SSSR count). The zero-order chi connectivity index (χ0) is 22.8. The third-order valence-corrected chi connectivity index (χ3v) is 5.95. The normalized spacial score (nSPS) is 15.4. The van der Waals surface area contributed by atoms with Crippen molar-refractivity contribution in [3.8, 4) is 11.5 Å². The van der Waals surface area contributed by atoms with Gasteiger partial charge in [-0.15, -0.1) is 0 Å². The molecule has 190 valence electrons. The van der Waals surface area contributed by atoms with Crippen LogP contribution in [0.15, 0.2) is 48.5 Å². The first-order chi connectivity index (χ1) is 15.6. The minimum absolute atomic E-state index is 0. The molecule has 0 saturated carbocycles. The van der Waals surface area contributed by atoms with Gasteiger partial charge >= 0.3 is 0 Å². The monoisotopic (exact) mass is 514 g/mol. The molecule has 4 N–H and O–H groups in total. The number of nitrogens with two attached hydrogens (primary N) is 1. The summed E-state index contributed by atoms with van der Waals surface area (Å²) in [6.45, 7) is 7.79. The van der Waals surface area contributed by atoms with E-state index in [2.05, 4.69) is 0 Å². The van der Waals surface area contributed by atoms with Gasteiger partial charge in [-0.25, -0.2) is 0 Å². The molecule has 34 heavy (non-hydrogen) atoms. The van der Waals surface area contributed by atoms with Crippen LogP contribution in [0.4, 0.5) is 0 Å². The molecule has 0 spiro atoms. The smallest absolute Gasteiger partial charge is 0.168 e. The predicted molar refractivity (Wildman–Crippen MR) is 121 cm³/mol. The molecular formula is C25H36Cl2N2O5. The van der Waals surface area contributed by atoms with E-state index in [1.54, 1.807) is 7.11 Å². The first-order valence-electron chi connectivity index (χ1n) is 11.4. The van der Waals surface area contributed by atoms with Crippen LogP contribution in [-0.4, -0.2) is 70.0 Å². The second-order valence-electron chi connectivity index (χ2n) is 8.26. The second-order valence-corrected chi connectivity index (χ2v) is 8.26.